The van der Waals surface area contributed by atoms with Gasteiger partial charge in [-0.3, -0.25) is 0 Å². The van der Waals surface area contributed by atoms with Gasteiger partial charge >= 0.3 is 13.1 Å². The van der Waals surface area contributed by atoms with Crippen LogP contribution in [-0.4, -0.2) is 52.1 Å². The number of carbonyl (C=O) groups excluding carboxylic acids is 1. The van der Waals surface area contributed by atoms with Gasteiger partial charge in [-0.1, -0.05) is 12.1 Å². The quantitative estimate of drug-likeness (QED) is 0.221. The molecule has 6 N–H and O–H groups in total. The Morgan fingerprint density at radius 2 is 2.22 bits per heavy atom. The Morgan fingerprint density at radius 1 is 1.48 bits per heavy atom. The lowest BCUT2D eigenvalue weighted by atomic mass is 9.80. The highest BCUT2D eigenvalue weighted by Gasteiger charge is 2.45. The van der Waals surface area contributed by atoms with Crippen LogP contribution in [0.3, 0.4) is 0 Å². The van der Waals surface area contributed by atoms with E-state index >= 15 is 0 Å². The number of aromatic nitrogens is 2. The minimum Gasteiger partial charge on any atom is -0.465 e. The monoisotopic (exact) mass is 371 g/mol. The fourth-order valence-corrected chi connectivity index (χ4v) is 3.20. The van der Waals surface area contributed by atoms with Crippen molar-refractivity contribution in [2.75, 3.05) is 14.2 Å². The molecule has 1 heterocycles. The van der Waals surface area contributed by atoms with Crippen molar-refractivity contribution in [3.63, 3.8) is 0 Å². The van der Waals surface area contributed by atoms with Crippen LogP contribution in [0.4, 0.5) is 0 Å². The molecule has 1 saturated carbocycles. The summed E-state index contributed by atoms with van der Waals surface area (Å²) in [6.45, 7) is 0. The number of esters is 1. The lowest BCUT2D eigenvalue weighted by Gasteiger charge is -2.12. The summed E-state index contributed by atoms with van der Waals surface area (Å²) in [4.78, 5) is 12.2. The fraction of sp³-hybridized carbons (Fsp3) is 0.294. The molecule has 2 aromatic rings. The molecule has 1 aliphatic rings. The number of hydrazine groups is 1. The van der Waals surface area contributed by atoms with Gasteiger partial charge in [0.05, 0.1) is 24.7 Å². The van der Waals surface area contributed by atoms with Gasteiger partial charge in [0.15, 0.2) is 0 Å². The van der Waals surface area contributed by atoms with E-state index in [2.05, 4.69) is 5.10 Å². The lowest BCUT2D eigenvalue weighted by Crippen LogP contribution is -2.30. The van der Waals surface area contributed by atoms with Crippen LogP contribution in [-0.2, 0) is 4.74 Å². The van der Waals surface area contributed by atoms with Crippen LogP contribution in [0.15, 0.2) is 42.4 Å². The highest BCUT2D eigenvalue weighted by atomic mass is 16.5. The van der Waals surface area contributed by atoms with E-state index in [1.165, 1.54) is 18.3 Å². The molecule has 1 unspecified atom stereocenters. The Morgan fingerprint density at radius 3 is 2.85 bits per heavy atom. The second-order valence-corrected chi connectivity index (χ2v) is 6.56. The average Bonchev–Trinajstić information content (AvgIpc) is 3.31. The molecule has 3 rings (SSSR count). The van der Waals surface area contributed by atoms with Crippen LogP contribution in [0.2, 0.25) is 0 Å². The Kier molecular flexibility index (Phi) is 5.22. The van der Waals surface area contributed by atoms with E-state index in [4.69, 9.17) is 16.3 Å². The summed E-state index contributed by atoms with van der Waals surface area (Å²) in [7, 11) is 1.39. The van der Waals surface area contributed by atoms with Crippen molar-refractivity contribution in [3.8, 4) is 5.69 Å². The molecular formula is C17H22BN5O4. The highest BCUT2D eigenvalue weighted by molar-refractivity contribution is 6.58. The summed E-state index contributed by atoms with van der Waals surface area (Å²) in [5, 5.41) is 24.6. The van der Waals surface area contributed by atoms with Crippen molar-refractivity contribution in [3.05, 3.63) is 53.6 Å². The van der Waals surface area contributed by atoms with Crippen molar-refractivity contribution in [2.45, 2.75) is 12.3 Å². The standard InChI is InChI=1S/C17H22BN5O4/c1-22(20)9-15(19)12-7-13(12)16-14(17(24)27-2)8-21-23(16)11-5-3-4-10(6-11)18(25)26/h3-6,8-9,12-13,25-26H,7,19-20H2,1-2H3/b15-9-/t12-,13?/m0/s1. The van der Waals surface area contributed by atoms with Crippen molar-refractivity contribution in [1.82, 2.24) is 14.8 Å². The van der Waals surface area contributed by atoms with Crippen LogP contribution in [0.25, 0.3) is 5.69 Å². The number of benzene rings is 1. The van der Waals surface area contributed by atoms with Gasteiger partial charge in [0.2, 0.25) is 0 Å². The van der Waals surface area contributed by atoms with Crippen LogP contribution >= 0.6 is 0 Å². The molecule has 0 bridgehead atoms. The maximum Gasteiger partial charge on any atom is 0.488 e. The molecule has 9 nitrogen and oxygen atoms in total. The first-order valence-electron chi connectivity index (χ1n) is 8.41. The van der Waals surface area contributed by atoms with Gasteiger partial charge in [-0.05, 0) is 24.0 Å². The molecule has 2 atom stereocenters. The predicted octanol–water partition coefficient (Wildman–Crippen LogP) is -0.952. The van der Waals surface area contributed by atoms with E-state index in [9.17, 15) is 14.8 Å². The third-order valence-corrected chi connectivity index (χ3v) is 4.55. The van der Waals surface area contributed by atoms with Crippen molar-refractivity contribution < 1.29 is 19.6 Å². The third kappa shape index (κ3) is 3.82. The minimum atomic E-state index is -1.60. The fourth-order valence-electron chi connectivity index (χ4n) is 3.20. The summed E-state index contributed by atoms with van der Waals surface area (Å²) in [5.41, 5.74) is 8.69. The first-order valence-corrected chi connectivity index (χ1v) is 8.41. The maximum atomic E-state index is 12.2. The largest absolute Gasteiger partial charge is 0.488 e. The molecule has 27 heavy (non-hydrogen) atoms. The average molecular weight is 371 g/mol. The van der Waals surface area contributed by atoms with Crippen LogP contribution in [0.1, 0.15) is 28.4 Å². The summed E-state index contributed by atoms with van der Waals surface area (Å²) < 4.78 is 6.49. The topological polar surface area (TPSA) is 140 Å². The second kappa shape index (κ2) is 7.43. The number of allylic oxidation sites excluding steroid dienone is 1. The van der Waals surface area contributed by atoms with E-state index in [1.54, 1.807) is 42.2 Å². The van der Waals surface area contributed by atoms with Crippen LogP contribution < -0.4 is 17.0 Å². The molecule has 0 radical (unpaired) electrons. The van der Waals surface area contributed by atoms with Gasteiger partial charge in [0, 0.05) is 30.8 Å². The zero-order valence-corrected chi connectivity index (χ0v) is 15.1. The smallest absolute Gasteiger partial charge is 0.465 e. The third-order valence-electron chi connectivity index (χ3n) is 4.55. The normalized spacial score (nSPS) is 18.9. The van der Waals surface area contributed by atoms with Crippen LogP contribution in [0.5, 0.6) is 0 Å². The number of nitrogens with two attached hydrogens (primary N) is 2. The van der Waals surface area contributed by atoms with Crippen LogP contribution in [0, 0.1) is 5.92 Å². The van der Waals surface area contributed by atoms with E-state index in [0.29, 0.717) is 28.1 Å². The summed E-state index contributed by atoms with van der Waals surface area (Å²) in [6, 6.07) is 6.66. The summed E-state index contributed by atoms with van der Waals surface area (Å²) >= 11 is 0. The number of hydrogen-bond donors (Lipinski definition) is 4. The second-order valence-electron chi connectivity index (χ2n) is 6.56. The maximum absolute atomic E-state index is 12.2. The first-order chi connectivity index (χ1) is 12.8. The van der Waals surface area contributed by atoms with Gasteiger partial charge in [-0.15, -0.1) is 0 Å². The molecule has 0 saturated heterocycles. The Hall–Kier alpha value is -2.82. The zero-order chi connectivity index (χ0) is 19.7. The minimum absolute atomic E-state index is 0.0273. The molecule has 142 valence electrons. The molecule has 1 aliphatic carbocycles. The number of carbonyl (C=O) groups is 1. The predicted molar refractivity (Wildman–Crippen MR) is 99.8 cm³/mol. The molecule has 0 amide bonds. The first kappa shape index (κ1) is 19.0. The lowest BCUT2D eigenvalue weighted by molar-refractivity contribution is 0.0599. The number of hydrogen-bond acceptors (Lipinski definition) is 8. The molecule has 1 aromatic heterocycles. The number of methoxy groups -OCH3 is 1. The van der Waals surface area contributed by atoms with Crippen molar-refractivity contribution >= 4 is 18.6 Å². The van der Waals surface area contributed by atoms with Crippen molar-refractivity contribution in [2.24, 2.45) is 17.5 Å². The van der Waals surface area contributed by atoms with E-state index in [-0.39, 0.29) is 11.8 Å². The van der Waals surface area contributed by atoms with E-state index in [0.717, 1.165) is 6.42 Å². The van der Waals surface area contributed by atoms with Gasteiger partial charge in [0.1, 0.15) is 5.56 Å². The van der Waals surface area contributed by atoms with Gasteiger partial charge in [-0.25, -0.2) is 15.3 Å². The SMILES string of the molecule is COC(=O)c1cnn(-c2cccc(B(O)O)c2)c1C1C[C@@H]1/C(N)=C/N(C)N. The molecule has 10 heteroatoms. The number of rotatable bonds is 6. The van der Waals surface area contributed by atoms with E-state index < -0.39 is 13.1 Å². The molecular weight excluding hydrogens is 349 g/mol. The highest BCUT2D eigenvalue weighted by Crippen LogP contribution is 2.51. The number of ether oxygens (including phenoxy) is 1. The number of nitrogens with zero attached hydrogens (tertiary/aromatic N) is 3. The van der Waals surface area contributed by atoms with E-state index in [1.807, 2.05) is 0 Å². The summed E-state index contributed by atoms with van der Waals surface area (Å²) in [6.07, 6.45) is 3.84. The van der Waals surface area contributed by atoms with Gasteiger partial charge < -0.3 is 25.5 Å². The zero-order valence-electron chi connectivity index (χ0n) is 15.1. The molecule has 1 aromatic carbocycles. The molecule has 1 fully saturated rings. The molecule has 0 spiro atoms. The molecule has 0 aliphatic heterocycles. The summed E-state index contributed by atoms with van der Waals surface area (Å²) in [5.74, 6) is 5.14. The van der Waals surface area contributed by atoms with Gasteiger partial charge in [-0.2, -0.15) is 5.10 Å². The van der Waals surface area contributed by atoms with Crippen molar-refractivity contribution in [1.29, 1.82) is 0 Å². The van der Waals surface area contributed by atoms with Gasteiger partial charge in [0.25, 0.3) is 0 Å². The Bertz CT molecular complexity index is 880. The Balaban J connectivity index is 2.03. The Labute approximate surface area is 156 Å².